The average Bonchev–Trinajstić information content (AvgIpc) is 2.03. The minimum absolute atomic E-state index is 0.0377. The third kappa shape index (κ3) is 2.64. The molecule has 0 aliphatic rings. The lowest BCUT2D eigenvalue weighted by atomic mass is 10.0. The molecular formula is C10H11BrO2. The lowest BCUT2D eigenvalue weighted by Gasteiger charge is -2.07. The Morgan fingerprint density at radius 3 is 2.77 bits per heavy atom. The summed E-state index contributed by atoms with van der Waals surface area (Å²) in [5.41, 5.74) is 1.70. The first-order chi connectivity index (χ1) is 6.15. The molecule has 3 heteroatoms. The fourth-order valence-electron chi connectivity index (χ4n) is 1.21. The van der Waals surface area contributed by atoms with Gasteiger partial charge in [0.2, 0.25) is 0 Å². The molecule has 2 nitrogen and oxygen atoms in total. The van der Waals surface area contributed by atoms with Gasteiger partial charge in [0.05, 0.1) is 6.61 Å². The Bertz CT molecular complexity index is 321. The second-order valence-electron chi connectivity index (χ2n) is 2.91. The van der Waals surface area contributed by atoms with E-state index >= 15 is 0 Å². The third-order valence-corrected chi connectivity index (χ3v) is 2.56. The molecule has 1 aromatic carbocycles. The fourth-order valence-corrected chi connectivity index (χ4v) is 1.75. The van der Waals surface area contributed by atoms with E-state index in [9.17, 15) is 4.79 Å². The van der Waals surface area contributed by atoms with E-state index < -0.39 is 0 Å². The van der Waals surface area contributed by atoms with Crippen molar-refractivity contribution >= 4 is 21.7 Å². The molecular weight excluding hydrogens is 232 g/mol. The lowest BCUT2D eigenvalue weighted by molar-refractivity contribution is -0.116. The monoisotopic (exact) mass is 242 g/mol. The number of Topliss-reactive ketones (excluding diaryl/α,β-unsaturated/α-hetero) is 1. The van der Waals surface area contributed by atoms with Crippen molar-refractivity contribution < 1.29 is 9.90 Å². The van der Waals surface area contributed by atoms with Crippen molar-refractivity contribution in [1.82, 2.24) is 0 Å². The molecule has 1 rings (SSSR count). The highest BCUT2D eigenvalue weighted by molar-refractivity contribution is 9.10. The van der Waals surface area contributed by atoms with Crippen LogP contribution in [0.3, 0.4) is 0 Å². The molecule has 0 fully saturated rings. The summed E-state index contributed by atoms with van der Waals surface area (Å²) in [5, 5.41) is 9.07. The van der Waals surface area contributed by atoms with E-state index in [4.69, 9.17) is 5.11 Å². The summed E-state index contributed by atoms with van der Waals surface area (Å²) in [6, 6.07) is 5.58. The van der Waals surface area contributed by atoms with Gasteiger partial charge in [0.1, 0.15) is 5.78 Å². The van der Waals surface area contributed by atoms with Gasteiger partial charge in [-0.25, -0.2) is 0 Å². The van der Waals surface area contributed by atoms with Gasteiger partial charge in [0, 0.05) is 10.9 Å². The lowest BCUT2D eigenvalue weighted by Crippen LogP contribution is -2.01. The van der Waals surface area contributed by atoms with Crippen molar-refractivity contribution in [3.63, 3.8) is 0 Å². The average molecular weight is 243 g/mol. The third-order valence-electron chi connectivity index (χ3n) is 1.81. The number of aliphatic hydroxyl groups is 1. The number of carbonyl (C=O) groups is 1. The van der Waals surface area contributed by atoms with Crippen LogP contribution in [0.25, 0.3) is 0 Å². The Labute approximate surface area is 85.7 Å². The number of aliphatic hydroxyl groups excluding tert-OH is 1. The van der Waals surface area contributed by atoms with E-state index in [1.807, 2.05) is 18.2 Å². The topological polar surface area (TPSA) is 37.3 Å². The van der Waals surface area contributed by atoms with E-state index in [-0.39, 0.29) is 12.4 Å². The molecule has 0 spiro atoms. The normalized spacial score (nSPS) is 10.1. The molecule has 70 valence electrons. The van der Waals surface area contributed by atoms with Crippen LogP contribution in [0.15, 0.2) is 22.7 Å². The summed E-state index contributed by atoms with van der Waals surface area (Å²) in [7, 11) is 0. The molecule has 0 radical (unpaired) electrons. The van der Waals surface area contributed by atoms with Crippen LogP contribution in [-0.2, 0) is 17.8 Å². The van der Waals surface area contributed by atoms with E-state index in [1.165, 1.54) is 0 Å². The Balaban J connectivity index is 3.05. The van der Waals surface area contributed by atoms with E-state index in [0.29, 0.717) is 6.42 Å². The van der Waals surface area contributed by atoms with E-state index in [1.54, 1.807) is 6.92 Å². The Kier molecular flexibility index (Phi) is 3.63. The maximum Gasteiger partial charge on any atom is 0.134 e. The largest absolute Gasteiger partial charge is 0.392 e. The van der Waals surface area contributed by atoms with Gasteiger partial charge in [-0.15, -0.1) is 0 Å². The van der Waals surface area contributed by atoms with Crippen LogP contribution in [0.4, 0.5) is 0 Å². The molecule has 0 aliphatic carbocycles. The number of hydrogen-bond acceptors (Lipinski definition) is 2. The van der Waals surface area contributed by atoms with Crippen molar-refractivity contribution in [2.75, 3.05) is 0 Å². The standard InChI is InChI=1S/C10H11BrO2/c1-7(13)5-8-3-2-4-10(11)9(8)6-12/h2-4,12H,5-6H2,1H3. The van der Waals surface area contributed by atoms with Gasteiger partial charge >= 0.3 is 0 Å². The van der Waals surface area contributed by atoms with Crippen LogP contribution in [0.1, 0.15) is 18.1 Å². The highest BCUT2D eigenvalue weighted by atomic mass is 79.9. The minimum atomic E-state index is -0.0377. The second-order valence-corrected chi connectivity index (χ2v) is 3.77. The molecule has 0 unspecified atom stereocenters. The number of halogens is 1. The number of rotatable bonds is 3. The summed E-state index contributed by atoms with van der Waals surface area (Å²) in [5.74, 6) is 0.104. The summed E-state index contributed by atoms with van der Waals surface area (Å²) in [6.45, 7) is 1.51. The first kappa shape index (κ1) is 10.4. The minimum Gasteiger partial charge on any atom is -0.392 e. The summed E-state index contributed by atoms with van der Waals surface area (Å²) in [4.78, 5) is 10.9. The van der Waals surface area contributed by atoms with Gasteiger partial charge in [-0.1, -0.05) is 28.1 Å². The quantitative estimate of drug-likeness (QED) is 0.882. The molecule has 0 aromatic heterocycles. The van der Waals surface area contributed by atoms with Crippen molar-refractivity contribution in [3.05, 3.63) is 33.8 Å². The predicted octanol–water partition coefficient (Wildman–Crippen LogP) is 2.07. The maximum absolute atomic E-state index is 10.9. The highest BCUT2D eigenvalue weighted by Gasteiger charge is 2.06. The van der Waals surface area contributed by atoms with Crippen LogP contribution in [0.2, 0.25) is 0 Å². The number of ketones is 1. The molecule has 0 saturated heterocycles. The van der Waals surface area contributed by atoms with Crippen LogP contribution >= 0.6 is 15.9 Å². The molecule has 0 aliphatic heterocycles. The zero-order chi connectivity index (χ0) is 9.84. The number of hydrogen-bond donors (Lipinski definition) is 1. The van der Waals surface area contributed by atoms with E-state index in [2.05, 4.69) is 15.9 Å². The predicted molar refractivity (Wildman–Crippen MR) is 54.4 cm³/mol. The van der Waals surface area contributed by atoms with Gasteiger partial charge in [-0.2, -0.15) is 0 Å². The first-order valence-corrected chi connectivity index (χ1v) is 4.81. The van der Waals surface area contributed by atoms with Crippen molar-refractivity contribution in [1.29, 1.82) is 0 Å². The Morgan fingerprint density at radius 2 is 2.23 bits per heavy atom. The van der Waals surface area contributed by atoms with Crippen molar-refractivity contribution in [3.8, 4) is 0 Å². The Morgan fingerprint density at radius 1 is 1.54 bits per heavy atom. The number of benzene rings is 1. The summed E-state index contributed by atoms with van der Waals surface area (Å²) >= 11 is 3.33. The molecule has 0 amide bonds. The van der Waals surface area contributed by atoms with Gasteiger partial charge in [0.25, 0.3) is 0 Å². The molecule has 1 aromatic rings. The molecule has 0 heterocycles. The first-order valence-electron chi connectivity index (χ1n) is 4.01. The Hall–Kier alpha value is -0.670. The zero-order valence-corrected chi connectivity index (χ0v) is 8.97. The molecule has 0 saturated carbocycles. The second kappa shape index (κ2) is 4.53. The maximum atomic E-state index is 10.9. The molecule has 13 heavy (non-hydrogen) atoms. The van der Waals surface area contributed by atoms with Crippen LogP contribution in [0.5, 0.6) is 0 Å². The smallest absolute Gasteiger partial charge is 0.134 e. The van der Waals surface area contributed by atoms with Crippen molar-refractivity contribution in [2.45, 2.75) is 20.0 Å². The summed E-state index contributed by atoms with van der Waals surface area (Å²) in [6.07, 6.45) is 0.384. The van der Waals surface area contributed by atoms with Gasteiger partial charge in [-0.3, -0.25) is 4.79 Å². The van der Waals surface area contributed by atoms with Crippen LogP contribution in [0, 0.1) is 0 Å². The van der Waals surface area contributed by atoms with E-state index in [0.717, 1.165) is 15.6 Å². The summed E-state index contributed by atoms with van der Waals surface area (Å²) < 4.78 is 0.855. The molecule has 0 atom stereocenters. The molecule has 1 N–H and O–H groups in total. The van der Waals surface area contributed by atoms with Crippen LogP contribution < -0.4 is 0 Å². The molecule has 0 bridgehead atoms. The van der Waals surface area contributed by atoms with Gasteiger partial charge in [0.15, 0.2) is 0 Å². The van der Waals surface area contributed by atoms with Gasteiger partial charge in [-0.05, 0) is 24.1 Å². The SMILES string of the molecule is CC(=O)Cc1cccc(Br)c1CO. The zero-order valence-electron chi connectivity index (χ0n) is 7.38. The van der Waals surface area contributed by atoms with Crippen molar-refractivity contribution in [2.24, 2.45) is 0 Å². The number of carbonyl (C=O) groups excluding carboxylic acids is 1. The van der Waals surface area contributed by atoms with Gasteiger partial charge < -0.3 is 5.11 Å². The van der Waals surface area contributed by atoms with Crippen LogP contribution in [-0.4, -0.2) is 10.9 Å². The highest BCUT2D eigenvalue weighted by Crippen LogP contribution is 2.21. The fraction of sp³-hybridized carbons (Fsp3) is 0.300.